The van der Waals surface area contributed by atoms with Crippen LogP contribution in [-0.2, 0) is 11.2 Å². The van der Waals surface area contributed by atoms with Crippen LogP contribution < -0.4 is 5.73 Å². The molecule has 4 N–H and O–H groups in total. The minimum atomic E-state index is -1.28. The molecule has 0 aromatic heterocycles. The van der Waals surface area contributed by atoms with Crippen molar-refractivity contribution in [1.29, 1.82) is 0 Å². The zero-order valence-electron chi connectivity index (χ0n) is 8.20. The van der Waals surface area contributed by atoms with E-state index in [-0.39, 0.29) is 12.2 Å². The van der Waals surface area contributed by atoms with E-state index in [0.717, 1.165) is 5.56 Å². The van der Waals surface area contributed by atoms with Crippen molar-refractivity contribution in [2.45, 2.75) is 18.9 Å². The van der Waals surface area contributed by atoms with Crippen LogP contribution in [0.1, 0.15) is 12.5 Å². The van der Waals surface area contributed by atoms with Gasteiger partial charge in [0.05, 0.1) is 3.57 Å². The smallest absolute Gasteiger partial charge is 0.323 e. The van der Waals surface area contributed by atoms with Gasteiger partial charge in [-0.3, -0.25) is 4.79 Å². The molecule has 5 heteroatoms. The molecule has 0 heterocycles. The number of halogens is 1. The van der Waals surface area contributed by atoms with E-state index < -0.39 is 11.5 Å². The maximum absolute atomic E-state index is 10.8. The van der Waals surface area contributed by atoms with Crippen LogP contribution >= 0.6 is 22.6 Å². The Hall–Kier alpha value is -0.820. The third-order valence-electron chi connectivity index (χ3n) is 2.07. The summed E-state index contributed by atoms with van der Waals surface area (Å²) in [5, 5.41) is 18.1. The number of carboxylic acid groups (broad SMARTS) is 1. The van der Waals surface area contributed by atoms with E-state index in [1.54, 1.807) is 12.1 Å². The van der Waals surface area contributed by atoms with Gasteiger partial charge in [-0.1, -0.05) is 6.07 Å². The first kappa shape index (κ1) is 12.3. The fourth-order valence-electron chi connectivity index (χ4n) is 1.16. The van der Waals surface area contributed by atoms with E-state index in [4.69, 9.17) is 10.8 Å². The molecule has 1 atom stereocenters. The van der Waals surface area contributed by atoms with Crippen LogP contribution in [0.15, 0.2) is 18.2 Å². The molecule has 0 amide bonds. The van der Waals surface area contributed by atoms with Gasteiger partial charge in [0.1, 0.15) is 11.3 Å². The second-order valence-electron chi connectivity index (χ2n) is 3.69. The Morgan fingerprint density at radius 2 is 2.20 bits per heavy atom. The van der Waals surface area contributed by atoms with Crippen molar-refractivity contribution in [2.75, 3.05) is 0 Å². The Bertz CT molecular complexity index is 390. The lowest BCUT2D eigenvalue weighted by atomic mass is 9.94. The highest BCUT2D eigenvalue weighted by Crippen LogP contribution is 2.22. The zero-order valence-corrected chi connectivity index (χ0v) is 10.4. The number of phenolic OH excluding ortho intramolecular Hbond substituents is 1. The number of hydrogen-bond acceptors (Lipinski definition) is 3. The van der Waals surface area contributed by atoms with E-state index >= 15 is 0 Å². The number of phenols is 1. The minimum absolute atomic E-state index is 0.188. The summed E-state index contributed by atoms with van der Waals surface area (Å²) in [5.41, 5.74) is 5.13. The van der Waals surface area contributed by atoms with Crippen molar-refractivity contribution in [1.82, 2.24) is 0 Å². The Morgan fingerprint density at radius 3 is 2.67 bits per heavy atom. The Morgan fingerprint density at radius 1 is 1.60 bits per heavy atom. The van der Waals surface area contributed by atoms with Crippen LogP contribution in [0.2, 0.25) is 0 Å². The Kier molecular flexibility index (Phi) is 3.56. The van der Waals surface area contributed by atoms with Gasteiger partial charge in [0, 0.05) is 6.42 Å². The standard InChI is InChI=1S/C10H12INO3/c1-10(12,9(14)15)5-6-2-3-8(13)7(11)4-6/h2-4,13H,5,12H2,1H3,(H,14,15)/t10-/m0/s1/i11+4. The highest BCUT2D eigenvalue weighted by Gasteiger charge is 2.28. The summed E-state index contributed by atoms with van der Waals surface area (Å²) in [6.07, 6.45) is 0.235. The van der Waals surface area contributed by atoms with Gasteiger partial charge < -0.3 is 15.9 Å². The Balaban J connectivity index is 2.91. The normalized spacial score (nSPS) is 14.6. The molecule has 0 aliphatic heterocycles. The van der Waals surface area contributed by atoms with Crippen molar-refractivity contribution >= 4 is 28.6 Å². The largest absolute Gasteiger partial charge is 0.507 e. The van der Waals surface area contributed by atoms with Gasteiger partial charge in [0.15, 0.2) is 0 Å². The molecule has 15 heavy (non-hydrogen) atoms. The predicted octanol–water partition coefficient (Wildman–Crippen LogP) is 1.34. The average Bonchev–Trinajstić information content (AvgIpc) is 2.10. The van der Waals surface area contributed by atoms with E-state index in [9.17, 15) is 9.90 Å². The zero-order chi connectivity index (χ0) is 11.6. The molecule has 1 aromatic carbocycles. The summed E-state index contributed by atoms with van der Waals surface area (Å²) in [4.78, 5) is 10.8. The molecule has 0 saturated heterocycles. The van der Waals surface area contributed by atoms with Crippen LogP contribution in [0.25, 0.3) is 0 Å². The van der Waals surface area contributed by atoms with Crippen LogP contribution in [0.4, 0.5) is 0 Å². The second kappa shape index (κ2) is 4.36. The average molecular weight is 325 g/mol. The summed E-state index contributed by atoms with van der Waals surface area (Å²) >= 11 is 1.98. The molecule has 0 aliphatic rings. The number of hydrogen-bond donors (Lipinski definition) is 3. The van der Waals surface area contributed by atoms with E-state index in [0.29, 0.717) is 3.57 Å². The second-order valence-corrected chi connectivity index (χ2v) is 4.85. The maximum Gasteiger partial charge on any atom is 0.323 e. The van der Waals surface area contributed by atoms with Crippen molar-refractivity contribution in [3.8, 4) is 5.75 Å². The Labute approximate surface area is 101 Å². The molecule has 0 unspecified atom stereocenters. The van der Waals surface area contributed by atoms with Gasteiger partial charge in [-0.15, -0.1) is 0 Å². The van der Waals surface area contributed by atoms with E-state index in [1.807, 2.05) is 22.6 Å². The summed E-state index contributed by atoms with van der Waals surface area (Å²) < 4.78 is 0.686. The molecule has 0 aliphatic carbocycles. The van der Waals surface area contributed by atoms with Gasteiger partial charge in [0.2, 0.25) is 0 Å². The number of carboxylic acids is 1. The first-order chi connectivity index (χ1) is 6.83. The fraction of sp³-hybridized carbons (Fsp3) is 0.300. The van der Waals surface area contributed by atoms with Crippen LogP contribution in [0.5, 0.6) is 5.75 Å². The van der Waals surface area contributed by atoms with Gasteiger partial charge in [-0.25, -0.2) is 0 Å². The SMILES string of the molecule is C[C@](N)(Cc1ccc(O)c([131I])c1)C(=O)O. The quantitative estimate of drug-likeness (QED) is 0.733. The first-order valence-corrected chi connectivity index (χ1v) is 5.40. The number of carbonyl (C=O) groups is 1. The van der Waals surface area contributed by atoms with Gasteiger partial charge in [0.25, 0.3) is 0 Å². The summed E-state index contributed by atoms with van der Waals surface area (Å²) in [7, 11) is 0. The molecule has 0 bridgehead atoms. The lowest BCUT2D eigenvalue weighted by Crippen LogP contribution is -2.46. The number of nitrogens with two attached hydrogens (primary N) is 1. The summed E-state index contributed by atoms with van der Waals surface area (Å²) in [6, 6.07) is 4.94. The van der Waals surface area contributed by atoms with Crippen molar-refractivity contribution in [3.05, 3.63) is 27.3 Å². The van der Waals surface area contributed by atoms with E-state index in [2.05, 4.69) is 0 Å². The molecule has 82 valence electrons. The number of rotatable bonds is 3. The summed E-state index contributed by atoms with van der Waals surface area (Å²) in [6.45, 7) is 1.47. The van der Waals surface area contributed by atoms with Crippen molar-refractivity contribution in [2.24, 2.45) is 5.73 Å². The van der Waals surface area contributed by atoms with Gasteiger partial charge in [-0.05, 0) is 47.2 Å². The maximum atomic E-state index is 10.8. The lowest BCUT2D eigenvalue weighted by Gasteiger charge is -2.19. The molecular formula is C10H12INO3. The molecule has 0 fully saturated rings. The molecule has 0 spiro atoms. The minimum Gasteiger partial charge on any atom is -0.507 e. The monoisotopic (exact) mass is 325 g/mol. The molecule has 4 nitrogen and oxygen atoms in total. The number of benzene rings is 1. The number of aliphatic carboxylic acids is 1. The molecule has 0 radical (unpaired) electrons. The van der Waals surface area contributed by atoms with Crippen LogP contribution in [0, 0.1) is 3.57 Å². The van der Waals surface area contributed by atoms with Crippen LogP contribution in [0.3, 0.4) is 0 Å². The van der Waals surface area contributed by atoms with Gasteiger partial charge >= 0.3 is 5.97 Å². The molecule has 0 saturated carbocycles. The third-order valence-corrected chi connectivity index (χ3v) is 2.94. The first-order valence-electron chi connectivity index (χ1n) is 4.32. The van der Waals surface area contributed by atoms with E-state index in [1.165, 1.54) is 13.0 Å². The highest BCUT2D eigenvalue weighted by molar-refractivity contribution is 14.1. The number of aromatic hydroxyl groups is 1. The van der Waals surface area contributed by atoms with Crippen LogP contribution in [-0.4, -0.2) is 21.7 Å². The van der Waals surface area contributed by atoms with Gasteiger partial charge in [-0.2, -0.15) is 0 Å². The van der Waals surface area contributed by atoms with Crippen molar-refractivity contribution < 1.29 is 15.0 Å². The summed E-state index contributed by atoms with van der Waals surface area (Å²) in [5.74, 6) is -0.848. The fourth-order valence-corrected chi connectivity index (χ4v) is 1.74. The van der Waals surface area contributed by atoms with Crippen molar-refractivity contribution in [3.63, 3.8) is 0 Å². The highest BCUT2D eigenvalue weighted by atomic mass is 131. The third kappa shape index (κ3) is 3.07. The molecule has 1 aromatic rings. The predicted molar refractivity (Wildman–Crippen MR) is 64.8 cm³/mol. The molecule has 1 rings (SSSR count). The lowest BCUT2D eigenvalue weighted by molar-refractivity contribution is -0.142. The molecular weight excluding hydrogens is 313 g/mol. The topological polar surface area (TPSA) is 83.5 Å².